The highest BCUT2D eigenvalue weighted by Crippen LogP contribution is 2.30. The van der Waals surface area contributed by atoms with Gasteiger partial charge in [0.15, 0.2) is 5.58 Å². The van der Waals surface area contributed by atoms with Crippen LogP contribution < -0.4 is 10.6 Å². The normalized spacial score (nSPS) is 12.7. The molecular formula is C27H23Cl2N3O4. The summed E-state index contributed by atoms with van der Waals surface area (Å²) in [6, 6.07) is 17.5. The molecule has 0 spiro atoms. The van der Waals surface area contributed by atoms with E-state index in [-0.39, 0.29) is 16.5 Å². The number of benzene rings is 3. The summed E-state index contributed by atoms with van der Waals surface area (Å²) < 4.78 is 5.53. The molecule has 0 aliphatic heterocycles. The zero-order chi connectivity index (χ0) is 25.8. The van der Waals surface area contributed by atoms with Crippen LogP contribution in [0.3, 0.4) is 0 Å². The maximum absolute atomic E-state index is 12.9. The van der Waals surface area contributed by atoms with Gasteiger partial charge in [-0.2, -0.15) is 0 Å². The van der Waals surface area contributed by atoms with Crippen LogP contribution in [0, 0.1) is 0 Å². The van der Waals surface area contributed by atoms with Crippen LogP contribution in [0.15, 0.2) is 71.1 Å². The van der Waals surface area contributed by atoms with Gasteiger partial charge >= 0.3 is 0 Å². The molecule has 184 valence electrons. The summed E-state index contributed by atoms with van der Waals surface area (Å²) >= 11 is 12.6. The van der Waals surface area contributed by atoms with Crippen LogP contribution in [0.4, 0.5) is 0 Å². The highest BCUT2D eigenvalue weighted by molar-refractivity contribution is 6.35. The second kappa shape index (κ2) is 10.9. The quantitative estimate of drug-likeness (QED) is 0.288. The molecule has 2 amide bonds. The SMILES string of the molecule is CC[C@H](NC(=O)[C@H](C)NC(=O)c1ccc(-c2ccccc2Cl)cc1Cl)C(=O)c1nc2ccccc2o1. The van der Waals surface area contributed by atoms with Gasteiger partial charge < -0.3 is 15.1 Å². The number of Topliss-reactive ketones (excluding diaryl/α,β-unsaturated/α-hetero) is 1. The minimum atomic E-state index is -0.928. The first-order valence-corrected chi connectivity index (χ1v) is 12.1. The third kappa shape index (κ3) is 5.42. The maximum atomic E-state index is 12.9. The number of nitrogens with zero attached hydrogens (tertiary/aromatic N) is 1. The number of rotatable bonds is 8. The molecule has 4 aromatic rings. The van der Waals surface area contributed by atoms with E-state index in [4.69, 9.17) is 27.6 Å². The number of amides is 2. The number of halogens is 2. The molecular weight excluding hydrogens is 501 g/mol. The van der Waals surface area contributed by atoms with Crippen molar-refractivity contribution in [2.24, 2.45) is 0 Å². The van der Waals surface area contributed by atoms with E-state index in [9.17, 15) is 14.4 Å². The Morgan fingerprint density at radius 3 is 2.36 bits per heavy atom. The smallest absolute Gasteiger partial charge is 0.266 e. The predicted octanol–water partition coefficient (Wildman–Crippen LogP) is 5.70. The van der Waals surface area contributed by atoms with Crippen LogP contribution in [-0.2, 0) is 4.79 Å². The van der Waals surface area contributed by atoms with Crippen LogP contribution >= 0.6 is 23.2 Å². The van der Waals surface area contributed by atoms with Crippen molar-refractivity contribution in [2.45, 2.75) is 32.4 Å². The summed E-state index contributed by atoms with van der Waals surface area (Å²) in [6.45, 7) is 3.28. The number of para-hydroxylation sites is 2. The van der Waals surface area contributed by atoms with Crippen LogP contribution in [0.25, 0.3) is 22.2 Å². The molecule has 0 bridgehead atoms. The van der Waals surface area contributed by atoms with Crippen molar-refractivity contribution in [1.29, 1.82) is 0 Å². The Hall–Kier alpha value is -3.68. The number of aromatic nitrogens is 1. The largest absolute Gasteiger partial charge is 0.434 e. The molecule has 2 atom stereocenters. The second-order valence-corrected chi connectivity index (χ2v) is 9.00. The van der Waals surface area contributed by atoms with Crippen LogP contribution in [0.2, 0.25) is 10.0 Å². The minimum Gasteiger partial charge on any atom is -0.434 e. The fraction of sp³-hybridized carbons (Fsp3) is 0.185. The zero-order valence-electron chi connectivity index (χ0n) is 19.5. The zero-order valence-corrected chi connectivity index (χ0v) is 21.1. The summed E-state index contributed by atoms with van der Waals surface area (Å²) in [6.07, 6.45) is 0.319. The first-order chi connectivity index (χ1) is 17.3. The van der Waals surface area contributed by atoms with Crippen molar-refractivity contribution < 1.29 is 18.8 Å². The monoisotopic (exact) mass is 523 g/mol. The lowest BCUT2D eigenvalue weighted by Crippen LogP contribution is -2.50. The van der Waals surface area contributed by atoms with Gasteiger partial charge in [0.2, 0.25) is 11.7 Å². The molecule has 4 rings (SSSR count). The molecule has 0 radical (unpaired) electrons. The summed E-state index contributed by atoms with van der Waals surface area (Å²) in [5.74, 6) is -1.57. The van der Waals surface area contributed by atoms with E-state index in [1.165, 1.54) is 6.92 Å². The lowest BCUT2D eigenvalue weighted by Gasteiger charge is -2.19. The van der Waals surface area contributed by atoms with Crippen molar-refractivity contribution in [1.82, 2.24) is 15.6 Å². The molecule has 1 aromatic heterocycles. The number of ketones is 1. The van der Waals surface area contributed by atoms with Gasteiger partial charge in [-0.1, -0.05) is 66.5 Å². The van der Waals surface area contributed by atoms with Crippen molar-refractivity contribution in [3.8, 4) is 11.1 Å². The van der Waals surface area contributed by atoms with E-state index in [2.05, 4.69) is 15.6 Å². The number of oxazole rings is 1. The van der Waals surface area contributed by atoms with E-state index in [1.54, 1.807) is 55.5 Å². The molecule has 7 nitrogen and oxygen atoms in total. The molecule has 36 heavy (non-hydrogen) atoms. The molecule has 2 N–H and O–H groups in total. The highest BCUT2D eigenvalue weighted by atomic mass is 35.5. The number of nitrogens with one attached hydrogen (secondary N) is 2. The summed E-state index contributed by atoms with van der Waals surface area (Å²) in [4.78, 5) is 42.7. The van der Waals surface area contributed by atoms with E-state index >= 15 is 0 Å². The third-order valence-corrected chi connectivity index (χ3v) is 6.33. The minimum absolute atomic E-state index is 0.0783. The van der Waals surface area contributed by atoms with Gasteiger partial charge in [0, 0.05) is 10.6 Å². The van der Waals surface area contributed by atoms with Gasteiger partial charge in [-0.05, 0) is 49.2 Å². The Morgan fingerprint density at radius 2 is 1.67 bits per heavy atom. The number of carbonyl (C=O) groups excluding carboxylic acids is 3. The van der Waals surface area contributed by atoms with Crippen LogP contribution in [0.1, 0.15) is 41.3 Å². The Labute approximate surface area is 217 Å². The first-order valence-electron chi connectivity index (χ1n) is 11.3. The number of hydrogen-bond donors (Lipinski definition) is 2. The highest BCUT2D eigenvalue weighted by Gasteiger charge is 2.27. The van der Waals surface area contributed by atoms with E-state index < -0.39 is 29.7 Å². The van der Waals surface area contributed by atoms with Crippen LogP contribution in [-0.4, -0.2) is 34.7 Å². The van der Waals surface area contributed by atoms with E-state index in [0.29, 0.717) is 22.5 Å². The third-order valence-electron chi connectivity index (χ3n) is 5.69. The molecule has 0 aliphatic rings. The lowest BCUT2D eigenvalue weighted by atomic mass is 10.0. The molecule has 9 heteroatoms. The number of hydrogen-bond acceptors (Lipinski definition) is 5. The van der Waals surface area contributed by atoms with Crippen LogP contribution in [0.5, 0.6) is 0 Å². The van der Waals surface area contributed by atoms with Gasteiger partial charge in [0.25, 0.3) is 11.8 Å². The summed E-state index contributed by atoms with van der Waals surface area (Å²) in [5, 5.41) is 6.07. The molecule has 0 saturated carbocycles. The lowest BCUT2D eigenvalue weighted by molar-refractivity contribution is -0.123. The maximum Gasteiger partial charge on any atom is 0.266 e. The molecule has 0 fully saturated rings. The van der Waals surface area contributed by atoms with Crippen molar-refractivity contribution in [3.63, 3.8) is 0 Å². The molecule has 0 unspecified atom stereocenters. The first kappa shape index (κ1) is 25.4. The Morgan fingerprint density at radius 1 is 0.944 bits per heavy atom. The van der Waals surface area contributed by atoms with Crippen molar-refractivity contribution in [2.75, 3.05) is 0 Å². The molecule has 1 heterocycles. The van der Waals surface area contributed by atoms with Gasteiger partial charge in [-0.15, -0.1) is 0 Å². The molecule has 3 aromatic carbocycles. The number of fused-ring (bicyclic) bond motifs is 1. The number of carbonyl (C=O) groups is 3. The molecule has 0 aliphatic carbocycles. The average molecular weight is 524 g/mol. The fourth-order valence-electron chi connectivity index (χ4n) is 3.68. The standard InChI is InChI=1S/C27H23Cl2N3O4/c1-3-21(24(33)27-32-22-10-6-7-11-23(22)36-27)31-25(34)15(2)30-26(35)18-13-12-16(14-20(18)29)17-8-4-5-9-19(17)28/h4-15,21H,3H2,1-2H3,(H,30,35)(H,31,34)/t15-,21-/m0/s1. The summed E-state index contributed by atoms with van der Waals surface area (Å²) in [5.41, 5.74) is 2.80. The topological polar surface area (TPSA) is 101 Å². The van der Waals surface area contributed by atoms with Gasteiger partial charge in [-0.3, -0.25) is 14.4 Å². The molecule has 0 saturated heterocycles. The van der Waals surface area contributed by atoms with Crippen molar-refractivity contribution in [3.05, 3.63) is 88.2 Å². The average Bonchev–Trinajstić information content (AvgIpc) is 3.31. The van der Waals surface area contributed by atoms with Gasteiger partial charge in [0.05, 0.1) is 16.6 Å². The van der Waals surface area contributed by atoms with Gasteiger partial charge in [-0.25, -0.2) is 4.98 Å². The Bertz CT molecular complexity index is 1420. The predicted molar refractivity (Wildman–Crippen MR) is 139 cm³/mol. The second-order valence-electron chi connectivity index (χ2n) is 8.19. The van der Waals surface area contributed by atoms with E-state index in [0.717, 1.165) is 11.1 Å². The Kier molecular flexibility index (Phi) is 7.72. The van der Waals surface area contributed by atoms with Gasteiger partial charge in [0.1, 0.15) is 11.6 Å². The summed E-state index contributed by atoms with van der Waals surface area (Å²) in [7, 11) is 0. The fourth-order valence-corrected chi connectivity index (χ4v) is 4.19. The van der Waals surface area contributed by atoms with Crippen molar-refractivity contribution >= 4 is 51.9 Å². The van der Waals surface area contributed by atoms with E-state index in [1.807, 2.05) is 18.2 Å². The Balaban J connectivity index is 1.41.